The van der Waals surface area contributed by atoms with Crippen molar-refractivity contribution in [3.8, 4) is 0 Å². The number of carbonyl (C=O) groups is 1. The molecule has 4 nitrogen and oxygen atoms in total. The molecule has 0 spiro atoms. The molecule has 25 heavy (non-hydrogen) atoms. The highest BCUT2D eigenvalue weighted by Crippen LogP contribution is 2.20. The quantitative estimate of drug-likeness (QED) is 0.754. The van der Waals surface area contributed by atoms with Crippen molar-refractivity contribution in [2.45, 2.75) is 13.8 Å². The van der Waals surface area contributed by atoms with Crippen molar-refractivity contribution in [3.63, 3.8) is 0 Å². The second kappa shape index (κ2) is 8.17. The van der Waals surface area contributed by atoms with Gasteiger partial charge in [0.05, 0.1) is 13.2 Å². The van der Waals surface area contributed by atoms with Gasteiger partial charge in [0, 0.05) is 48.7 Å². The summed E-state index contributed by atoms with van der Waals surface area (Å²) in [5.41, 5.74) is 3.77. The van der Waals surface area contributed by atoms with E-state index in [0.717, 1.165) is 61.9 Å². The predicted molar refractivity (Wildman–Crippen MR) is 103 cm³/mol. The van der Waals surface area contributed by atoms with Gasteiger partial charge in [-0.05, 0) is 62.4 Å². The number of morpholine rings is 1. The van der Waals surface area contributed by atoms with E-state index in [1.54, 1.807) is 0 Å². The van der Waals surface area contributed by atoms with Gasteiger partial charge in [0.25, 0.3) is 0 Å². The Kier molecular flexibility index (Phi) is 5.71. The Morgan fingerprint density at radius 3 is 1.96 bits per heavy atom. The van der Waals surface area contributed by atoms with Crippen LogP contribution in [0.25, 0.3) is 0 Å². The van der Waals surface area contributed by atoms with Gasteiger partial charge in [-0.2, -0.15) is 0 Å². The van der Waals surface area contributed by atoms with Crippen LogP contribution in [0.15, 0.2) is 48.5 Å². The molecular formula is C21H26N2O2. The maximum Gasteiger partial charge on any atom is 0.193 e. The van der Waals surface area contributed by atoms with E-state index in [1.165, 1.54) is 0 Å². The van der Waals surface area contributed by atoms with Gasteiger partial charge in [0.2, 0.25) is 0 Å². The monoisotopic (exact) mass is 338 g/mol. The molecule has 0 atom stereocenters. The molecule has 2 aromatic carbocycles. The molecule has 2 aromatic rings. The van der Waals surface area contributed by atoms with Crippen molar-refractivity contribution in [2.75, 3.05) is 49.2 Å². The average molecular weight is 338 g/mol. The molecule has 0 aromatic heterocycles. The molecule has 1 heterocycles. The van der Waals surface area contributed by atoms with Gasteiger partial charge < -0.3 is 14.5 Å². The summed E-state index contributed by atoms with van der Waals surface area (Å²) in [6.45, 7) is 9.54. The molecule has 0 N–H and O–H groups in total. The van der Waals surface area contributed by atoms with Crippen molar-refractivity contribution < 1.29 is 9.53 Å². The molecule has 0 aliphatic carbocycles. The molecule has 1 fully saturated rings. The van der Waals surface area contributed by atoms with Gasteiger partial charge in [-0.3, -0.25) is 4.79 Å². The average Bonchev–Trinajstić information content (AvgIpc) is 2.70. The third-order valence-electron chi connectivity index (χ3n) is 4.76. The lowest BCUT2D eigenvalue weighted by Crippen LogP contribution is -2.36. The fourth-order valence-corrected chi connectivity index (χ4v) is 3.22. The predicted octanol–water partition coefficient (Wildman–Crippen LogP) is 3.60. The van der Waals surface area contributed by atoms with Crippen LogP contribution in [0.2, 0.25) is 0 Å². The Morgan fingerprint density at radius 2 is 1.44 bits per heavy atom. The van der Waals surface area contributed by atoms with Gasteiger partial charge >= 0.3 is 0 Å². The van der Waals surface area contributed by atoms with Gasteiger partial charge in [0.15, 0.2) is 5.78 Å². The summed E-state index contributed by atoms with van der Waals surface area (Å²) in [5, 5.41) is 0. The molecule has 132 valence electrons. The Balaban J connectivity index is 1.72. The minimum Gasteiger partial charge on any atom is -0.378 e. The molecule has 4 heteroatoms. The van der Waals surface area contributed by atoms with Crippen LogP contribution < -0.4 is 9.80 Å². The number of hydrogen-bond acceptors (Lipinski definition) is 4. The molecular weight excluding hydrogens is 312 g/mol. The zero-order valence-corrected chi connectivity index (χ0v) is 15.1. The van der Waals surface area contributed by atoms with E-state index in [9.17, 15) is 4.79 Å². The smallest absolute Gasteiger partial charge is 0.193 e. The van der Waals surface area contributed by atoms with Gasteiger partial charge in [-0.1, -0.05) is 0 Å². The number of ketones is 1. The normalized spacial score (nSPS) is 14.4. The van der Waals surface area contributed by atoms with E-state index in [0.29, 0.717) is 0 Å². The largest absolute Gasteiger partial charge is 0.378 e. The summed E-state index contributed by atoms with van der Waals surface area (Å²) in [6.07, 6.45) is 0. The van der Waals surface area contributed by atoms with Crippen molar-refractivity contribution >= 4 is 17.2 Å². The summed E-state index contributed by atoms with van der Waals surface area (Å²) in [4.78, 5) is 17.3. The molecule has 1 aliphatic heterocycles. The minimum absolute atomic E-state index is 0.0691. The molecule has 0 amide bonds. The number of anilines is 2. The minimum atomic E-state index is 0.0691. The van der Waals surface area contributed by atoms with E-state index in [-0.39, 0.29) is 5.78 Å². The summed E-state index contributed by atoms with van der Waals surface area (Å²) >= 11 is 0. The van der Waals surface area contributed by atoms with Crippen LogP contribution in [-0.4, -0.2) is 45.2 Å². The van der Waals surface area contributed by atoms with E-state index in [1.807, 2.05) is 48.5 Å². The Morgan fingerprint density at radius 1 is 0.920 bits per heavy atom. The highest BCUT2D eigenvalue weighted by Gasteiger charge is 2.13. The first-order chi connectivity index (χ1) is 12.2. The molecule has 0 radical (unpaired) electrons. The second-order valence-electron chi connectivity index (χ2n) is 6.19. The zero-order valence-electron chi connectivity index (χ0n) is 15.1. The molecule has 0 bridgehead atoms. The Bertz CT molecular complexity index is 685. The van der Waals surface area contributed by atoms with Crippen LogP contribution in [0, 0.1) is 0 Å². The van der Waals surface area contributed by atoms with E-state index >= 15 is 0 Å². The number of hydrogen-bond donors (Lipinski definition) is 0. The lowest BCUT2D eigenvalue weighted by atomic mass is 10.0. The fourth-order valence-electron chi connectivity index (χ4n) is 3.22. The lowest BCUT2D eigenvalue weighted by molar-refractivity contribution is 0.103. The molecule has 1 saturated heterocycles. The summed E-state index contributed by atoms with van der Waals surface area (Å²) in [7, 11) is 0. The summed E-state index contributed by atoms with van der Waals surface area (Å²) in [5.74, 6) is 0.0691. The van der Waals surface area contributed by atoms with Gasteiger partial charge in [0.1, 0.15) is 0 Å². The molecule has 1 aliphatic rings. The number of nitrogens with zero attached hydrogens (tertiary/aromatic N) is 2. The van der Waals surface area contributed by atoms with E-state index in [4.69, 9.17) is 4.74 Å². The topological polar surface area (TPSA) is 32.8 Å². The first kappa shape index (κ1) is 17.5. The SMILES string of the molecule is CCN(CC)c1ccc(C(=O)c2ccc(N3CCOCC3)cc2)cc1. The van der Waals surface area contributed by atoms with Crippen molar-refractivity contribution in [1.29, 1.82) is 0 Å². The third-order valence-corrected chi connectivity index (χ3v) is 4.76. The molecule has 0 unspecified atom stereocenters. The van der Waals surface area contributed by atoms with E-state index < -0.39 is 0 Å². The lowest BCUT2D eigenvalue weighted by Gasteiger charge is -2.28. The second-order valence-corrected chi connectivity index (χ2v) is 6.19. The van der Waals surface area contributed by atoms with Crippen LogP contribution in [-0.2, 0) is 4.74 Å². The highest BCUT2D eigenvalue weighted by molar-refractivity contribution is 6.09. The Labute approximate surface area is 150 Å². The third kappa shape index (κ3) is 4.02. The number of benzene rings is 2. The fraction of sp³-hybridized carbons (Fsp3) is 0.381. The van der Waals surface area contributed by atoms with Crippen molar-refractivity contribution in [2.24, 2.45) is 0 Å². The van der Waals surface area contributed by atoms with Crippen LogP contribution >= 0.6 is 0 Å². The summed E-state index contributed by atoms with van der Waals surface area (Å²) in [6, 6.07) is 15.8. The molecule has 3 rings (SSSR count). The Hall–Kier alpha value is -2.33. The van der Waals surface area contributed by atoms with Crippen LogP contribution in [0.4, 0.5) is 11.4 Å². The maximum absolute atomic E-state index is 12.7. The van der Waals surface area contributed by atoms with Gasteiger partial charge in [-0.25, -0.2) is 0 Å². The first-order valence-corrected chi connectivity index (χ1v) is 9.05. The van der Waals surface area contributed by atoms with Crippen molar-refractivity contribution in [1.82, 2.24) is 0 Å². The van der Waals surface area contributed by atoms with Crippen LogP contribution in [0.1, 0.15) is 29.8 Å². The summed E-state index contributed by atoms with van der Waals surface area (Å²) < 4.78 is 5.38. The molecule has 0 saturated carbocycles. The number of ether oxygens (including phenoxy) is 1. The standard InChI is InChI=1S/C21H26N2O2/c1-3-22(4-2)19-9-5-17(6-10-19)21(24)18-7-11-20(12-8-18)23-13-15-25-16-14-23/h5-12H,3-4,13-16H2,1-2H3. The number of rotatable bonds is 6. The first-order valence-electron chi connectivity index (χ1n) is 9.05. The van der Waals surface area contributed by atoms with Gasteiger partial charge in [-0.15, -0.1) is 0 Å². The maximum atomic E-state index is 12.7. The van der Waals surface area contributed by atoms with E-state index in [2.05, 4.69) is 23.6 Å². The van der Waals surface area contributed by atoms with Crippen LogP contribution in [0.5, 0.6) is 0 Å². The van der Waals surface area contributed by atoms with Crippen LogP contribution in [0.3, 0.4) is 0 Å². The van der Waals surface area contributed by atoms with Crippen molar-refractivity contribution in [3.05, 3.63) is 59.7 Å². The number of carbonyl (C=O) groups excluding carboxylic acids is 1. The highest BCUT2D eigenvalue weighted by atomic mass is 16.5. The zero-order chi connectivity index (χ0) is 17.6.